The number of nitrogens with zero attached hydrogens (tertiary/aromatic N) is 5. The number of ether oxygens (including phenoxy) is 2. The molecular weight excluding hydrogens is 863 g/mol. The average Bonchev–Trinajstić information content (AvgIpc) is 4.19. The maximum absolute atomic E-state index is 12.2. The number of aryl methyl sites for hydroxylation is 2. The Morgan fingerprint density at radius 2 is 1.07 bits per heavy atom. The number of aldehydes is 1. The summed E-state index contributed by atoms with van der Waals surface area (Å²) in [6.07, 6.45) is 22.3. The van der Waals surface area contributed by atoms with Crippen LogP contribution in [0, 0.1) is 0 Å². The molecule has 0 aliphatic carbocycles. The zero-order chi connectivity index (χ0) is 49.3. The minimum absolute atomic E-state index is 0.0627. The second-order valence-corrected chi connectivity index (χ2v) is 14.4. The fraction of sp³-hybridized carbons (Fsp3) is 0.265. The molecule has 4 N–H and O–H groups in total. The number of rotatable bonds is 16. The van der Waals surface area contributed by atoms with E-state index in [0.29, 0.717) is 30.3 Å². The van der Waals surface area contributed by atoms with Crippen LogP contribution in [0.15, 0.2) is 103 Å². The van der Waals surface area contributed by atoms with E-state index in [0.717, 1.165) is 61.1 Å². The van der Waals surface area contributed by atoms with Gasteiger partial charge >= 0.3 is 5.97 Å². The van der Waals surface area contributed by atoms with Crippen molar-refractivity contribution < 1.29 is 53.4 Å². The number of ketones is 2. The summed E-state index contributed by atoms with van der Waals surface area (Å²) < 4.78 is 19.1. The lowest BCUT2D eigenvalue weighted by atomic mass is 10.2. The molecule has 0 bridgehead atoms. The van der Waals surface area contributed by atoms with E-state index in [2.05, 4.69) is 5.48 Å². The van der Waals surface area contributed by atoms with E-state index in [1.54, 1.807) is 88.4 Å². The van der Waals surface area contributed by atoms with Crippen LogP contribution in [0.4, 0.5) is 0 Å². The molecule has 1 aliphatic heterocycles. The van der Waals surface area contributed by atoms with Crippen molar-refractivity contribution >= 4 is 66.0 Å². The Kier molecular flexibility index (Phi) is 22.7. The molecule has 2 amide bonds. The van der Waals surface area contributed by atoms with Crippen LogP contribution in [0.3, 0.4) is 0 Å². The normalized spacial score (nSPS) is 13.5. The van der Waals surface area contributed by atoms with E-state index in [1.807, 2.05) is 86.1 Å². The van der Waals surface area contributed by atoms with Gasteiger partial charge in [0.1, 0.15) is 0 Å². The molecule has 1 fully saturated rings. The number of nitrogens with one attached hydrogen (secondary N) is 2. The van der Waals surface area contributed by atoms with Gasteiger partial charge < -0.3 is 37.4 Å². The number of aliphatic hydroxyl groups excluding tert-OH is 1. The summed E-state index contributed by atoms with van der Waals surface area (Å²) in [6.45, 7) is 2.76. The third-order valence-corrected chi connectivity index (χ3v) is 9.95. The van der Waals surface area contributed by atoms with Gasteiger partial charge in [0.05, 0.1) is 23.7 Å². The number of hydrogen-bond donors (Lipinski definition) is 4. The molecule has 6 heterocycles. The predicted octanol–water partition coefficient (Wildman–Crippen LogP) is 5.65. The van der Waals surface area contributed by atoms with E-state index in [9.17, 15) is 28.8 Å². The number of esters is 1. The molecule has 1 aliphatic rings. The highest BCUT2D eigenvalue weighted by Gasteiger charge is 2.15. The van der Waals surface area contributed by atoms with Gasteiger partial charge in [-0.1, -0.05) is 0 Å². The number of aromatic nitrogens is 5. The van der Waals surface area contributed by atoms with Crippen molar-refractivity contribution in [3.8, 4) is 0 Å². The van der Waals surface area contributed by atoms with Crippen LogP contribution in [0.1, 0.15) is 86.1 Å². The number of carbonyl (C=O) groups excluding carboxylic acids is 6. The molecular formula is C49H59N7O11. The molecule has 0 aromatic carbocycles. The Morgan fingerprint density at radius 1 is 0.642 bits per heavy atom. The minimum atomic E-state index is -0.600. The van der Waals surface area contributed by atoms with Gasteiger partial charge in [-0.05, 0) is 123 Å². The summed E-state index contributed by atoms with van der Waals surface area (Å²) in [5, 5.41) is 15.4. The monoisotopic (exact) mass is 921 g/mol. The lowest BCUT2D eigenvalue weighted by Gasteiger charge is -2.21. The summed E-state index contributed by atoms with van der Waals surface area (Å²) in [5.41, 5.74) is 9.79. The van der Waals surface area contributed by atoms with Gasteiger partial charge in [-0.15, -0.1) is 0 Å². The van der Waals surface area contributed by atoms with Crippen LogP contribution in [-0.2, 0) is 63.9 Å². The molecule has 0 spiro atoms. The first kappa shape index (κ1) is 53.7. The molecule has 1 atom stereocenters. The fourth-order valence-corrected chi connectivity index (χ4v) is 6.18. The number of amides is 2. The van der Waals surface area contributed by atoms with Gasteiger partial charge in [-0.2, -0.15) is 0 Å². The molecule has 0 saturated carbocycles. The van der Waals surface area contributed by atoms with E-state index >= 15 is 0 Å². The third-order valence-electron chi connectivity index (χ3n) is 9.95. The van der Waals surface area contributed by atoms with Gasteiger partial charge in [-0.25, -0.2) is 20.6 Å². The molecule has 1 unspecified atom stereocenters. The van der Waals surface area contributed by atoms with Crippen molar-refractivity contribution in [2.75, 3.05) is 20.3 Å². The van der Waals surface area contributed by atoms with Crippen molar-refractivity contribution in [1.29, 1.82) is 0 Å². The van der Waals surface area contributed by atoms with Gasteiger partial charge in [-0.3, -0.25) is 29.2 Å². The molecule has 1 saturated heterocycles. The number of hydroxylamine groups is 2. The summed E-state index contributed by atoms with van der Waals surface area (Å²) in [7, 11) is 10.1. The highest BCUT2D eigenvalue weighted by atomic mass is 16.8. The Labute approximate surface area is 389 Å². The van der Waals surface area contributed by atoms with Crippen molar-refractivity contribution in [1.82, 2.24) is 33.8 Å². The largest absolute Gasteiger partial charge is 0.463 e. The van der Waals surface area contributed by atoms with E-state index < -0.39 is 5.91 Å². The summed E-state index contributed by atoms with van der Waals surface area (Å²) in [6, 6.07) is 18.1. The van der Waals surface area contributed by atoms with Crippen molar-refractivity contribution in [2.45, 2.75) is 32.5 Å². The first-order chi connectivity index (χ1) is 32.3. The molecule has 5 aromatic rings. The molecule has 356 valence electrons. The third kappa shape index (κ3) is 17.0. The standard InChI is InChI=1S/C21H25N3O4.C16H17N3O3.C11H13NO3.CH4O/c1-23-14-5-6-18(23)19(25)12-10-16-8-9-17(24(16)2)11-13-20(26)22-28-21-7-3-4-15-27-21;1-18-11-3-4-14(18)15(20)9-7-12-5-6-13(19(12)2)8-10-16(21)17-22;1-3-15-11(14)7-6-9-4-5-10(8-13)12(9)2;1-2/h5-6,8-14,21H,3-4,7,15H2,1-2H3,(H,22,26);3-11,22H,1-2H3,(H,17,21);4-8H,3H2,1-2H3;2H,1H3/b12-10+,13-11+;9-7+,10-8+;7-6+;. The van der Waals surface area contributed by atoms with Crippen molar-refractivity contribution in [3.05, 3.63) is 149 Å². The molecule has 67 heavy (non-hydrogen) atoms. The van der Waals surface area contributed by atoms with Gasteiger partial charge in [0.25, 0.3) is 11.8 Å². The molecule has 0 radical (unpaired) electrons. The minimum Gasteiger partial charge on any atom is -0.463 e. The van der Waals surface area contributed by atoms with E-state index in [1.165, 1.54) is 29.8 Å². The van der Waals surface area contributed by atoms with Crippen LogP contribution in [0.5, 0.6) is 0 Å². The van der Waals surface area contributed by atoms with E-state index in [4.69, 9.17) is 24.6 Å². The lowest BCUT2D eigenvalue weighted by Crippen LogP contribution is -2.32. The summed E-state index contributed by atoms with van der Waals surface area (Å²) in [4.78, 5) is 74.0. The van der Waals surface area contributed by atoms with E-state index in [-0.39, 0.29) is 29.7 Å². The highest BCUT2D eigenvalue weighted by molar-refractivity contribution is 6.06. The Bertz CT molecular complexity index is 2570. The number of aliphatic hydroxyl groups is 1. The zero-order valence-corrected chi connectivity index (χ0v) is 38.7. The van der Waals surface area contributed by atoms with Gasteiger partial charge in [0.15, 0.2) is 12.6 Å². The lowest BCUT2D eigenvalue weighted by molar-refractivity contribution is -0.198. The zero-order valence-electron chi connectivity index (χ0n) is 38.7. The second-order valence-electron chi connectivity index (χ2n) is 14.4. The van der Waals surface area contributed by atoms with Gasteiger partial charge in [0, 0.05) is 114 Å². The summed E-state index contributed by atoms with van der Waals surface area (Å²) in [5.74, 6) is -1.48. The molecule has 18 nitrogen and oxygen atoms in total. The van der Waals surface area contributed by atoms with Crippen molar-refractivity contribution in [3.63, 3.8) is 0 Å². The second kappa shape index (κ2) is 28.3. The quantitative estimate of drug-likeness (QED) is 0.0237. The van der Waals surface area contributed by atoms with Crippen LogP contribution in [0.25, 0.3) is 30.4 Å². The Hall–Kier alpha value is -7.64. The smallest absolute Gasteiger partial charge is 0.330 e. The highest BCUT2D eigenvalue weighted by Crippen LogP contribution is 2.15. The average molecular weight is 922 g/mol. The first-order valence-corrected chi connectivity index (χ1v) is 21.0. The molecule has 18 heteroatoms. The predicted molar refractivity (Wildman–Crippen MR) is 254 cm³/mol. The number of carbonyl (C=O) groups is 6. The number of allylic oxidation sites excluding steroid dienone is 2. The van der Waals surface area contributed by atoms with Crippen molar-refractivity contribution in [2.24, 2.45) is 35.2 Å². The number of hydrogen-bond acceptors (Lipinski definition) is 11. The van der Waals surface area contributed by atoms with Crippen LogP contribution in [0.2, 0.25) is 0 Å². The fourth-order valence-electron chi connectivity index (χ4n) is 6.18. The summed E-state index contributed by atoms with van der Waals surface area (Å²) >= 11 is 0. The van der Waals surface area contributed by atoms with Crippen LogP contribution in [-0.4, -0.2) is 95.4 Å². The van der Waals surface area contributed by atoms with Crippen LogP contribution < -0.4 is 11.0 Å². The molecule has 6 rings (SSSR count). The maximum Gasteiger partial charge on any atom is 0.330 e. The van der Waals surface area contributed by atoms with Crippen LogP contribution >= 0.6 is 0 Å². The SMILES string of the molecule is CCOC(=O)/C=C/c1ccc(C=O)n1C.CO.Cn1cccc1C(=O)/C=C/c1ccc(/C=C/C(=O)NO)n1C.Cn1cccc1C(=O)/C=C/c1ccc(/C=C/C(=O)NOC2CCCCO2)n1C. The molecule has 5 aromatic heterocycles. The first-order valence-electron chi connectivity index (χ1n) is 21.0. The topological polar surface area (TPSA) is 219 Å². The van der Waals surface area contributed by atoms with Gasteiger partial charge in [0.2, 0.25) is 11.6 Å². The maximum atomic E-state index is 12.2. The Balaban J connectivity index is 0.000000273. The Morgan fingerprint density at radius 3 is 1.46 bits per heavy atom.